The van der Waals surface area contributed by atoms with Gasteiger partial charge >= 0.3 is 0 Å². The van der Waals surface area contributed by atoms with E-state index in [4.69, 9.17) is 5.73 Å². The number of aryl methyl sites for hydroxylation is 2. The fourth-order valence-corrected chi connectivity index (χ4v) is 1.65. The number of nitrogens with two attached hydrogens (primary N) is 1. The molecule has 0 radical (unpaired) electrons. The predicted molar refractivity (Wildman–Crippen MR) is 62.5 cm³/mol. The Morgan fingerprint density at radius 2 is 2.20 bits per heavy atom. The molecule has 15 heavy (non-hydrogen) atoms. The average molecular weight is 210 g/mol. The van der Waals surface area contributed by atoms with E-state index in [2.05, 4.69) is 30.5 Å². The quantitative estimate of drug-likeness (QED) is 0.756. The van der Waals surface area contributed by atoms with E-state index in [0.29, 0.717) is 18.5 Å². The molecule has 0 saturated carbocycles. The summed E-state index contributed by atoms with van der Waals surface area (Å²) < 4.78 is 1.85. The summed E-state index contributed by atoms with van der Waals surface area (Å²) >= 11 is 0. The van der Waals surface area contributed by atoms with Crippen molar-refractivity contribution in [2.24, 2.45) is 18.7 Å². The molecule has 0 aliphatic heterocycles. The van der Waals surface area contributed by atoms with Crippen molar-refractivity contribution in [1.82, 2.24) is 15.1 Å². The van der Waals surface area contributed by atoms with Crippen LogP contribution in [0.1, 0.15) is 25.1 Å². The summed E-state index contributed by atoms with van der Waals surface area (Å²) in [6, 6.07) is 0.379. The van der Waals surface area contributed by atoms with E-state index in [-0.39, 0.29) is 0 Å². The Morgan fingerprint density at radius 1 is 1.53 bits per heavy atom. The van der Waals surface area contributed by atoms with E-state index in [1.165, 1.54) is 5.56 Å². The van der Waals surface area contributed by atoms with Gasteiger partial charge in [0, 0.05) is 37.9 Å². The number of hydrogen-bond donors (Lipinski definition) is 2. The summed E-state index contributed by atoms with van der Waals surface area (Å²) in [5, 5.41) is 7.77. The van der Waals surface area contributed by atoms with Crippen LogP contribution >= 0.6 is 0 Å². The summed E-state index contributed by atoms with van der Waals surface area (Å²) in [7, 11) is 1.94. The van der Waals surface area contributed by atoms with E-state index in [0.717, 1.165) is 12.2 Å². The predicted octanol–water partition coefficient (Wildman–Crippen LogP) is 0.801. The molecule has 0 saturated heterocycles. The summed E-state index contributed by atoms with van der Waals surface area (Å²) in [6.45, 7) is 7.92. The molecule has 1 unspecified atom stereocenters. The Bertz CT molecular complexity index is 304. The van der Waals surface area contributed by atoms with E-state index in [1.54, 1.807) is 0 Å². The highest BCUT2D eigenvalue weighted by molar-refractivity contribution is 5.14. The highest BCUT2D eigenvalue weighted by Gasteiger charge is 2.11. The Hall–Kier alpha value is -0.870. The first-order valence-corrected chi connectivity index (χ1v) is 5.47. The molecule has 0 aliphatic rings. The van der Waals surface area contributed by atoms with Gasteiger partial charge in [-0.1, -0.05) is 13.8 Å². The van der Waals surface area contributed by atoms with Crippen molar-refractivity contribution in [2.45, 2.75) is 33.4 Å². The molecule has 3 N–H and O–H groups in total. The van der Waals surface area contributed by atoms with Crippen molar-refractivity contribution in [3.8, 4) is 0 Å². The normalized spacial score (nSPS) is 13.5. The maximum atomic E-state index is 5.70. The second kappa shape index (κ2) is 5.28. The van der Waals surface area contributed by atoms with Gasteiger partial charge in [-0.15, -0.1) is 0 Å². The van der Waals surface area contributed by atoms with Crippen LogP contribution < -0.4 is 11.1 Å². The van der Waals surface area contributed by atoms with Crippen molar-refractivity contribution in [3.05, 3.63) is 17.5 Å². The van der Waals surface area contributed by atoms with Crippen LogP contribution in [0, 0.1) is 12.8 Å². The lowest BCUT2D eigenvalue weighted by Gasteiger charge is -2.20. The van der Waals surface area contributed by atoms with Crippen LogP contribution in [-0.2, 0) is 13.6 Å². The van der Waals surface area contributed by atoms with E-state index < -0.39 is 0 Å². The van der Waals surface area contributed by atoms with Crippen molar-refractivity contribution >= 4 is 0 Å². The van der Waals surface area contributed by atoms with Gasteiger partial charge < -0.3 is 11.1 Å². The Labute approximate surface area is 91.8 Å². The minimum absolute atomic E-state index is 0.379. The first-order valence-electron chi connectivity index (χ1n) is 5.47. The molecule has 1 aromatic heterocycles. The first-order chi connectivity index (χ1) is 7.04. The fraction of sp³-hybridized carbons (Fsp3) is 0.727. The van der Waals surface area contributed by atoms with Gasteiger partial charge in [-0.05, 0) is 12.8 Å². The van der Waals surface area contributed by atoms with Crippen LogP contribution in [0.3, 0.4) is 0 Å². The molecule has 0 aromatic carbocycles. The number of rotatable bonds is 5. The molecular formula is C11H22N4. The number of hydrogen-bond acceptors (Lipinski definition) is 3. The van der Waals surface area contributed by atoms with Crippen LogP contribution in [0.4, 0.5) is 0 Å². The fourth-order valence-electron chi connectivity index (χ4n) is 1.65. The van der Waals surface area contributed by atoms with E-state index in [9.17, 15) is 0 Å². The smallest absolute Gasteiger partial charge is 0.0638 e. The van der Waals surface area contributed by atoms with Gasteiger partial charge in [0.25, 0.3) is 0 Å². The number of nitrogens with one attached hydrogen (secondary N) is 1. The molecule has 0 spiro atoms. The molecule has 0 amide bonds. The highest BCUT2D eigenvalue weighted by Crippen LogP contribution is 2.06. The molecule has 0 fully saturated rings. The molecule has 1 rings (SSSR count). The van der Waals surface area contributed by atoms with Crippen molar-refractivity contribution in [1.29, 1.82) is 0 Å². The molecule has 4 heteroatoms. The minimum Gasteiger partial charge on any atom is -0.329 e. The molecule has 1 heterocycles. The summed E-state index contributed by atoms with van der Waals surface area (Å²) in [5.41, 5.74) is 8.03. The van der Waals surface area contributed by atoms with Crippen molar-refractivity contribution < 1.29 is 0 Å². The van der Waals surface area contributed by atoms with Crippen molar-refractivity contribution in [3.63, 3.8) is 0 Å². The van der Waals surface area contributed by atoms with E-state index in [1.807, 2.05) is 18.7 Å². The molecule has 0 aliphatic carbocycles. The molecule has 1 aromatic rings. The molecule has 0 bridgehead atoms. The van der Waals surface area contributed by atoms with Gasteiger partial charge in [-0.2, -0.15) is 5.10 Å². The molecule has 4 nitrogen and oxygen atoms in total. The average Bonchev–Trinajstić information content (AvgIpc) is 2.45. The van der Waals surface area contributed by atoms with Gasteiger partial charge in [-0.3, -0.25) is 4.68 Å². The Kier molecular flexibility index (Phi) is 4.29. The zero-order valence-electron chi connectivity index (χ0n) is 10.1. The van der Waals surface area contributed by atoms with Gasteiger partial charge in [-0.25, -0.2) is 0 Å². The van der Waals surface area contributed by atoms with Crippen LogP contribution in [-0.4, -0.2) is 22.4 Å². The first kappa shape index (κ1) is 12.2. The molecular weight excluding hydrogens is 188 g/mol. The number of nitrogens with zero attached hydrogens (tertiary/aromatic N) is 2. The standard InChI is InChI=1S/C11H22N4/c1-8(2)11(5-12)13-6-10-7-15(4)14-9(10)3/h7-8,11,13H,5-6,12H2,1-4H3. The maximum Gasteiger partial charge on any atom is 0.0638 e. The topological polar surface area (TPSA) is 55.9 Å². The summed E-state index contributed by atoms with van der Waals surface area (Å²) in [6.07, 6.45) is 2.05. The van der Waals surface area contributed by atoms with Gasteiger partial charge in [0.1, 0.15) is 0 Å². The van der Waals surface area contributed by atoms with Gasteiger partial charge in [0.05, 0.1) is 5.69 Å². The third-order valence-corrected chi connectivity index (χ3v) is 2.73. The van der Waals surface area contributed by atoms with Gasteiger partial charge in [0.15, 0.2) is 0 Å². The maximum absolute atomic E-state index is 5.70. The monoisotopic (exact) mass is 210 g/mol. The number of aromatic nitrogens is 2. The van der Waals surface area contributed by atoms with Crippen LogP contribution in [0.25, 0.3) is 0 Å². The highest BCUT2D eigenvalue weighted by atomic mass is 15.2. The van der Waals surface area contributed by atoms with Crippen LogP contribution in [0.15, 0.2) is 6.20 Å². The van der Waals surface area contributed by atoms with Crippen LogP contribution in [0.5, 0.6) is 0 Å². The minimum atomic E-state index is 0.379. The Balaban J connectivity index is 2.52. The lowest BCUT2D eigenvalue weighted by Crippen LogP contribution is -2.39. The second-order valence-electron chi connectivity index (χ2n) is 4.38. The SMILES string of the molecule is Cc1nn(C)cc1CNC(CN)C(C)C. The van der Waals surface area contributed by atoms with Crippen LogP contribution in [0.2, 0.25) is 0 Å². The Morgan fingerprint density at radius 3 is 2.60 bits per heavy atom. The lowest BCUT2D eigenvalue weighted by atomic mass is 10.0. The van der Waals surface area contributed by atoms with Crippen molar-refractivity contribution in [2.75, 3.05) is 6.54 Å². The lowest BCUT2D eigenvalue weighted by molar-refractivity contribution is 0.404. The third-order valence-electron chi connectivity index (χ3n) is 2.73. The largest absolute Gasteiger partial charge is 0.329 e. The molecule has 1 atom stereocenters. The van der Waals surface area contributed by atoms with Gasteiger partial charge in [0.2, 0.25) is 0 Å². The zero-order valence-corrected chi connectivity index (χ0v) is 10.1. The second-order valence-corrected chi connectivity index (χ2v) is 4.38. The van der Waals surface area contributed by atoms with E-state index >= 15 is 0 Å². The zero-order chi connectivity index (χ0) is 11.4. The summed E-state index contributed by atoms with van der Waals surface area (Å²) in [5.74, 6) is 0.562. The third kappa shape index (κ3) is 3.32. The molecule has 86 valence electrons. The summed E-state index contributed by atoms with van der Waals surface area (Å²) in [4.78, 5) is 0.